The van der Waals surface area contributed by atoms with Crippen LogP contribution in [0.25, 0.3) is 0 Å². The summed E-state index contributed by atoms with van der Waals surface area (Å²) in [4.78, 5) is 10.8. The Morgan fingerprint density at radius 1 is 1.64 bits per heavy atom. The van der Waals surface area contributed by atoms with Crippen LogP contribution in [0.5, 0.6) is 0 Å². The topological polar surface area (TPSA) is 66.0 Å². The number of nitriles is 1. The smallest absolute Gasteiger partial charge is 0.308 e. The van der Waals surface area contributed by atoms with E-state index in [4.69, 9.17) is 10.4 Å². The van der Waals surface area contributed by atoms with Gasteiger partial charge in [-0.05, 0) is 25.0 Å². The Kier molecular flexibility index (Phi) is 2.01. The molecule has 2 unspecified atom stereocenters. The molecule has 0 radical (unpaired) electrons. The van der Waals surface area contributed by atoms with Crippen molar-refractivity contribution in [2.24, 2.45) is 5.92 Å². The Hall–Kier alpha value is -1.76. The van der Waals surface area contributed by atoms with Crippen molar-refractivity contribution in [2.75, 3.05) is 0 Å². The van der Waals surface area contributed by atoms with Crippen molar-refractivity contribution in [3.63, 3.8) is 0 Å². The van der Waals surface area contributed by atoms with E-state index in [0.717, 1.165) is 6.42 Å². The van der Waals surface area contributed by atoms with Crippen LogP contribution < -0.4 is 0 Å². The molecule has 1 fully saturated rings. The first-order valence-electron chi connectivity index (χ1n) is 4.54. The van der Waals surface area contributed by atoms with Gasteiger partial charge in [0.2, 0.25) is 0 Å². The second-order valence-corrected chi connectivity index (χ2v) is 3.50. The van der Waals surface area contributed by atoms with E-state index in [2.05, 4.69) is 6.07 Å². The summed E-state index contributed by atoms with van der Waals surface area (Å²) in [6, 6.07) is 5.50. The molecule has 1 aromatic rings. The molecule has 4 heteroatoms. The van der Waals surface area contributed by atoms with Crippen molar-refractivity contribution in [1.82, 2.24) is 4.57 Å². The summed E-state index contributed by atoms with van der Waals surface area (Å²) in [7, 11) is 0. The van der Waals surface area contributed by atoms with E-state index in [1.54, 1.807) is 22.9 Å². The molecule has 0 amide bonds. The number of hydrogen-bond donors (Lipinski definition) is 1. The van der Waals surface area contributed by atoms with E-state index in [1.807, 2.05) is 0 Å². The van der Waals surface area contributed by atoms with Gasteiger partial charge in [-0.2, -0.15) is 5.26 Å². The molecule has 4 nitrogen and oxygen atoms in total. The third kappa shape index (κ3) is 1.18. The number of carboxylic acid groups (broad SMARTS) is 1. The van der Waals surface area contributed by atoms with Crippen molar-refractivity contribution in [3.05, 3.63) is 24.0 Å². The predicted molar refractivity (Wildman–Crippen MR) is 48.5 cm³/mol. The van der Waals surface area contributed by atoms with Gasteiger partial charge in [0.05, 0.1) is 5.92 Å². The maximum absolute atomic E-state index is 10.8. The standard InChI is InChI=1S/C10H10N2O2/c11-6-7-2-1-5-12(7)9-4-3-8(9)10(13)14/h1-2,5,8-9H,3-4H2,(H,13,14). The third-order valence-electron chi connectivity index (χ3n) is 2.81. The maximum atomic E-state index is 10.8. The molecule has 0 bridgehead atoms. The Morgan fingerprint density at radius 3 is 2.93 bits per heavy atom. The number of rotatable bonds is 2. The molecule has 72 valence electrons. The minimum atomic E-state index is -0.765. The molecule has 14 heavy (non-hydrogen) atoms. The average Bonchev–Trinajstić information content (AvgIpc) is 2.49. The summed E-state index contributed by atoms with van der Waals surface area (Å²) in [5.41, 5.74) is 0.543. The van der Waals surface area contributed by atoms with Crippen LogP contribution in [-0.2, 0) is 4.79 Å². The summed E-state index contributed by atoms with van der Waals surface area (Å²) in [6.45, 7) is 0. The summed E-state index contributed by atoms with van der Waals surface area (Å²) in [5.74, 6) is -1.09. The average molecular weight is 190 g/mol. The number of aliphatic carboxylic acids is 1. The summed E-state index contributed by atoms with van der Waals surface area (Å²) >= 11 is 0. The second-order valence-electron chi connectivity index (χ2n) is 3.50. The Morgan fingerprint density at radius 2 is 2.43 bits per heavy atom. The highest BCUT2D eigenvalue weighted by atomic mass is 16.4. The van der Waals surface area contributed by atoms with Crippen LogP contribution in [0.4, 0.5) is 0 Å². The lowest BCUT2D eigenvalue weighted by Crippen LogP contribution is -2.35. The number of carboxylic acids is 1. The molecule has 0 saturated heterocycles. The van der Waals surface area contributed by atoms with Crippen LogP contribution in [0.2, 0.25) is 0 Å². The fourth-order valence-corrected chi connectivity index (χ4v) is 1.88. The molecule has 1 aliphatic carbocycles. The lowest BCUT2D eigenvalue weighted by molar-refractivity contribution is -0.147. The van der Waals surface area contributed by atoms with Gasteiger partial charge in [-0.1, -0.05) is 0 Å². The van der Waals surface area contributed by atoms with Crippen molar-refractivity contribution in [3.8, 4) is 6.07 Å². The first-order chi connectivity index (χ1) is 6.74. The highest BCUT2D eigenvalue weighted by Crippen LogP contribution is 2.39. The van der Waals surface area contributed by atoms with E-state index >= 15 is 0 Å². The van der Waals surface area contributed by atoms with Gasteiger partial charge in [0.1, 0.15) is 11.8 Å². The Bertz CT molecular complexity index is 402. The number of nitrogens with zero attached hydrogens (tertiary/aromatic N) is 2. The summed E-state index contributed by atoms with van der Waals surface area (Å²) in [6.07, 6.45) is 3.34. The highest BCUT2D eigenvalue weighted by Gasteiger charge is 2.38. The molecular formula is C10H10N2O2. The van der Waals surface area contributed by atoms with E-state index in [1.165, 1.54) is 0 Å². The fourth-order valence-electron chi connectivity index (χ4n) is 1.88. The molecule has 0 aliphatic heterocycles. The molecule has 1 aliphatic rings. The normalized spacial score (nSPS) is 25.1. The van der Waals surface area contributed by atoms with E-state index < -0.39 is 5.97 Å². The van der Waals surface area contributed by atoms with E-state index in [-0.39, 0.29) is 12.0 Å². The molecule has 0 spiro atoms. The summed E-state index contributed by atoms with van der Waals surface area (Å²) < 4.78 is 1.77. The zero-order valence-corrected chi connectivity index (χ0v) is 7.55. The number of aromatic nitrogens is 1. The van der Waals surface area contributed by atoms with Crippen molar-refractivity contribution in [2.45, 2.75) is 18.9 Å². The molecule has 2 rings (SSSR count). The number of hydrogen-bond acceptors (Lipinski definition) is 2. The van der Waals surface area contributed by atoms with Gasteiger partial charge < -0.3 is 9.67 Å². The SMILES string of the molecule is N#Cc1cccn1C1CCC1C(=O)O. The first-order valence-corrected chi connectivity index (χ1v) is 4.54. The molecule has 2 atom stereocenters. The van der Waals surface area contributed by atoms with Gasteiger partial charge in [-0.25, -0.2) is 0 Å². The zero-order chi connectivity index (χ0) is 10.1. The molecular weight excluding hydrogens is 180 g/mol. The molecule has 1 aromatic heterocycles. The second kappa shape index (κ2) is 3.18. The lowest BCUT2D eigenvalue weighted by Gasteiger charge is -2.35. The van der Waals surface area contributed by atoms with Gasteiger partial charge in [-0.3, -0.25) is 4.79 Å². The zero-order valence-electron chi connectivity index (χ0n) is 7.55. The van der Waals surface area contributed by atoms with Gasteiger partial charge >= 0.3 is 5.97 Å². The minimum Gasteiger partial charge on any atom is -0.481 e. The van der Waals surface area contributed by atoms with Crippen molar-refractivity contribution < 1.29 is 9.90 Å². The van der Waals surface area contributed by atoms with Crippen molar-refractivity contribution >= 4 is 5.97 Å². The van der Waals surface area contributed by atoms with Crippen LogP contribution in [-0.4, -0.2) is 15.6 Å². The third-order valence-corrected chi connectivity index (χ3v) is 2.81. The van der Waals surface area contributed by atoms with Gasteiger partial charge in [0, 0.05) is 12.2 Å². The predicted octanol–water partition coefficient (Wildman–Crippen LogP) is 1.40. The summed E-state index contributed by atoms with van der Waals surface area (Å²) in [5, 5.41) is 17.7. The van der Waals surface area contributed by atoms with Crippen LogP contribution >= 0.6 is 0 Å². The quantitative estimate of drug-likeness (QED) is 0.766. The van der Waals surface area contributed by atoms with Crippen LogP contribution in [0.15, 0.2) is 18.3 Å². The molecule has 1 N–H and O–H groups in total. The van der Waals surface area contributed by atoms with Gasteiger partial charge in [-0.15, -0.1) is 0 Å². The molecule has 1 heterocycles. The van der Waals surface area contributed by atoms with Gasteiger partial charge in [0.25, 0.3) is 0 Å². The van der Waals surface area contributed by atoms with Crippen LogP contribution in [0, 0.1) is 17.2 Å². The minimum absolute atomic E-state index is 0.0304. The van der Waals surface area contributed by atoms with Gasteiger partial charge in [0.15, 0.2) is 0 Å². The van der Waals surface area contributed by atoms with E-state index in [9.17, 15) is 4.79 Å². The van der Waals surface area contributed by atoms with Crippen LogP contribution in [0.3, 0.4) is 0 Å². The maximum Gasteiger partial charge on any atom is 0.308 e. The van der Waals surface area contributed by atoms with Crippen LogP contribution in [0.1, 0.15) is 24.6 Å². The van der Waals surface area contributed by atoms with Crippen molar-refractivity contribution in [1.29, 1.82) is 5.26 Å². The largest absolute Gasteiger partial charge is 0.481 e. The number of carbonyl (C=O) groups is 1. The van der Waals surface area contributed by atoms with E-state index in [0.29, 0.717) is 12.1 Å². The fraction of sp³-hybridized carbons (Fsp3) is 0.400. The first kappa shape index (κ1) is 8.82. The Labute approximate surface area is 81.4 Å². The lowest BCUT2D eigenvalue weighted by atomic mass is 9.79. The molecule has 0 aromatic carbocycles. The Balaban J connectivity index is 2.25. The molecule has 1 saturated carbocycles. The monoisotopic (exact) mass is 190 g/mol. The highest BCUT2D eigenvalue weighted by molar-refractivity contribution is 5.71.